The number of rotatable bonds is 5. The predicted molar refractivity (Wildman–Crippen MR) is 101 cm³/mol. The van der Waals surface area contributed by atoms with Crippen LogP contribution in [0, 0.1) is 0 Å². The number of hydrogen-bond donors (Lipinski definition) is 0. The van der Waals surface area contributed by atoms with E-state index in [1.165, 1.54) is 0 Å². The van der Waals surface area contributed by atoms with E-state index < -0.39 is 0 Å². The Labute approximate surface area is 161 Å². The van der Waals surface area contributed by atoms with Crippen LogP contribution in [0.3, 0.4) is 0 Å². The smallest absolute Gasteiger partial charge is 0.321 e. The zero-order valence-corrected chi connectivity index (χ0v) is 15.4. The van der Waals surface area contributed by atoms with Crippen LogP contribution < -0.4 is 4.74 Å². The molecule has 1 heterocycles. The fourth-order valence-electron chi connectivity index (χ4n) is 2.33. The number of benzene rings is 2. The van der Waals surface area contributed by atoms with Gasteiger partial charge in [-0.25, -0.2) is 9.97 Å². The van der Waals surface area contributed by atoms with Gasteiger partial charge in [-0.1, -0.05) is 35.3 Å². The molecule has 0 radical (unpaired) electrons. The fraction of sp³-hybridized carbons (Fsp3) is 0.105. The lowest BCUT2D eigenvalue weighted by molar-refractivity contribution is 0.0785. The second kappa shape index (κ2) is 8.17. The van der Waals surface area contributed by atoms with Crippen molar-refractivity contribution in [1.29, 1.82) is 0 Å². The molecule has 1 amide bonds. The van der Waals surface area contributed by atoms with E-state index in [1.54, 1.807) is 72.9 Å². The highest BCUT2D eigenvalue weighted by Gasteiger charge is 2.14. The normalized spacial score (nSPS) is 10.4. The Kier molecular flexibility index (Phi) is 5.71. The molecule has 0 unspecified atom stereocenters. The van der Waals surface area contributed by atoms with Gasteiger partial charge in [0.05, 0.1) is 0 Å². The molecular formula is C19H15Cl2N3O2. The van der Waals surface area contributed by atoms with Gasteiger partial charge in [-0.3, -0.25) is 4.79 Å². The van der Waals surface area contributed by atoms with Crippen LogP contribution in [0.2, 0.25) is 10.0 Å². The molecule has 0 fully saturated rings. The van der Waals surface area contributed by atoms with Crippen molar-refractivity contribution >= 4 is 29.1 Å². The van der Waals surface area contributed by atoms with Crippen LogP contribution in [0.15, 0.2) is 60.9 Å². The summed E-state index contributed by atoms with van der Waals surface area (Å²) in [5.41, 5.74) is 1.31. The molecule has 5 nitrogen and oxygen atoms in total. The summed E-state index contributed by atoms with van der Waals surface area (Å²) < 4.78 is 5.57. The number of halogens is 2. The van der Waals surface area contributed by atoms with Crippen LogP contribution in [-0.4, -0.2) is 27.8 Å². The van der Waals surface area contributed by atoms with Crippen LogP contribution in [0.25, 0.3) is 0 Å². The van der Waals surface area contributed by atoms with Gasteiger partial charge in [0.1, 0.15) is 5.75 Å². The van der Waals surface area contributed by atoms with Gasteiger partial charge in [-0.2, -0.15) is 0 Å². The molecule has 3 rings (SSSR count). The van der Waals surface area contributed by atoms with E-state index >= 15 is 0 Å². The first-order valence-electron chi connectivity index (χ1n) is 7.77. The molecule has 0 aliphatic carbocycles. The number of aromatic nitrogens is 2. The van der Waals surface area contributed by atoms with Crippen LogP contribution in [-0.2, 0) is 6.54 Å². The van der Waals surface area contributed by atoms with Gasteiger partial charge in [0.25, 0.3) is 5.91 Å². The molecule has 0 saturated carbocycles. The van der Waals surface area contributed by atoms with E-state index in [0.717, 1.165) is 5.56 Å². The topological polar surface area (TPSA) is 55.3 Å². The van der Waals surface area contributed by atoms with Crippen LogP contribution in [0.1, 0.15) is 15.9 Å². The van der Waals surface area contributed by atoms with Gasteiger partial charge in [0, 0.05) is 41.6 Å². The van der Waals surface area contributed by atoms with Crippen molar-refractivity contribution in [3.63, 3.8) is 0 Å². The quantitative estimate of drug-likeness (QED) is 0.627. The highest BCUT2D eigenvalue weighted by atomic mass is 35.5. The summed E-state index contributed by atoms with van der Waals surface area (Å²) in [7, 11) is 1.71. The Balaban J connectivity index is 1.73. The molecule has 0 N–H and O–H groups in total. The van der Waals surface area contributed by atoms with Gasteiger partial charge in [0.15, 0.2) is 0 Å². The minimum Gasteiger partial charge on any atom is -0.424 e. The molecule has 0 saturated heterocycles. The number of amides is 1. The summed E-state index contributed by atoms with van der Waals surface area (Å²) in [6, 6.07) is 14.0. The van der Waals surface area contributed by atoms with Crippen LogP contribution in [0.5, 0.6) is 11.8 Å². The molecule has 0 aliphatic heterocycles. The highest BCUT2D eigenvalue weighted by molar-refractivity contribution is 6.35. The summed E-state index contributed by atoms with van der Waals surface area (Å²) in [5, 5.41) is 1.08. The Bertz CT molecular complexity index is 920. The van der Waals surface area contributed by atoms with Gasteiger partial charge in [-0.05, 0) is 42.0 Å². The molecule has 0 bridgehead atoms. The Hall–Kier alpha value is -2.63. The number of carbonyl (C=O) groups excluding carboxylic acids is 1. The Morgan fingerprint density at radius 1 is 1.08 bits per heavy atom. The Morgan fingerprint density at radius 3 is 2.58 bits per heavy atom. The molecule has 0 atom stereocenters. The summed E-state index contributed by atoms with van der Waals surface area (Å²) in [6.45, 7) is 0.363. The standard InChI is InChI=1S/C19H15Cl2N3O2/c1-24(12-14-6-7-15(20)11-17(14)21)18(25)13-4-2-5-16(10-13)26-19-22-8-3-9-23-19/h2-11H,12H2,1H3. The van der Waals surface area contributed by atoms with Gasteiger partial charge in [0.2, 0.25) is 0 Å². The maximum absolute atomic E-state index is 12.7. The third-order valence-electron chi connectivity index (χ3n) is 3.60. The monoisotopic (exact) mass is 387 g/mol. The SMILES string of the molecule is CN(Cc1ccc(Cl)cc1Cl)C(=O)c1cccc(Oc2ncccn2)c1. The van der Waals surface area contributed by atoms with Gasteiger partial charge in [-0.15, -0.1) is 0 Å². The fourth-order valence-corrected chi connectivity index (χ4v) is 2.80. The maximum Gasteiger partial charge on any atom is 0.321 e. The van der Waals surface area contributed by atoms with Crippen LogP contribution >= 0.6 is 23.2 Å². The lowest BCUT2D eigenvalue weighted by Gasteiger charge is -2.18. The third-order valence-corrected chi connectivity index (χ3v) is 4.19. The van der Waals surface area contributed by atoms with Crippen molar-refractivity contribution in [2.45, 2.75) is 6.54 Å². The molecule has 3 aromatic rings. The first kappa shape index (κ1) is 18.2. The van der Waals surface area contributed by atoms with E-state index in [1.807, 2.05) is 0 Å². The zero-order chi connectivity index (χ0) is 18.5. The van der Waals surface area contributed by atoms with Gasteiger partial charge < -0.3 is 9.64 Å². The lowest BCUT2D eigenvalue weighted by atomic mass is 10.1. The molecule has 26 heavy (non-hydrogen) atoms. The summed E-state index contributed by atoms with van der Waals surface area (Å²) in [5.74, 6) is 0.329. The molecule has 1 aromatic heterocycles. The van der Waals surface area contributed by atoms with Crippen molar-refractivity contribution in [3.05, 3.63) is 82.1 Å². The van der Waals surface area contributed by atoms with Crippen molar-refractivity contribution in [3.8, 4) is 11.8 Å². The number of nitrogens with zero attached hydrogens (tertiary/aromatic N) is 3. The van der Waals surface area contributed by atoms with E-state index in [9.17, 15) is 4.79 Å². The highest BCUT2D eigenvalue weighted by Crippen LogP contribution is 2.23. The predicted octanol–water partition coefficient (Wildman–Crippen LogP) is 4.85. The summed E-state index contributed by atoms with van der Waals surface area (Å²) in [4.78, 5) is 22.3. The number of hydrogen-bond acceptors (Lipinski definition) is 4. The molecule has 132 valence electrons. The summed E-state index contributed by atoms with van der Waals surface area (Å²) in [6.07, 6.45) is 3.17. The molecular weight excluding hydrogens is 373 g/mol. The van der Waals surface area contributed by atoms with Gasteiger partial charge >= 0.3 is 6.01 Å². The minimum absolute atomic E-state index is 0.157. The molecule has 0 spiro atoms. The van der Waals surface area contributed by atoms with Crippen molar-refractivity contribution < 1.29 is 9.53 Å². The molecule has 2 aromatic carbocycles. The lowest BCUT2D eigenvalue weighted by Crippen LogP contribution is -2.26. The zero-order valence-electron chi connectivity index (χ0n) is 13.9. The van der Waals surface area contributed by atoms with E-state index in [2.05, 4.69) is 9.97 Å². The first-order chi connectivity index (χ1) is 12.5. The Morgan fingerprint density at radius 2 is 1.85 bits per heavy atom. The third kappa shape index (κ3) is 4.50. The summed E-state index contributed by atoms with van der Waals surface area (Å²) >= 11 is 12.1. The van der Waals surface area contributed by atoms with E-state index in [-0.39, 0.29) is 11.9 Å². The minimum atomic E-state index is -0.157. The van der Waals surface area contributed by atoms with E-state index in [4.69, 9.17) is 27.9 Å². The average Bonchev–Trinajstić information content (AvgIpc) is 2.64. The largest absolute Gasteiger partial charge is 0.424 e. The van der Waals surface area contributed by atoms with Crippen molar-refractivity contribution in [1.82, 2.24) is 14.9 Å². The number of carbonyl (C=O) groups is 1. The number of ether oxygens (including phenoxy) is 1. The second-order valence-corrected chi connectivity index (χ2v) is 6.40. The molecule has 0 aliphatic rings. The average molecular weight is 388 g/mol. The first-order valence-corrected chi connectivity index (χ1v) is 8.53. The molecule has 7 heteroatoms. The second-order valence-electron chi connectivity index (χ2n) is 5.56. The van der Waals surface area contributed by atoms with E-state index in [0.29, 0.717) is 27.9 Å². The van der Waals surface area contributed by atoms with Crippen molar-refractivity contribution in [2.75, 3.05) is 7.05 Å². The van der Waals surface area contributed by atoms with Crippen molar-refractivity contribution in [2.24, 2.45) is 0 Å². The van der Waals surface area contributed by atoms with Crippen LogP contribution in [0.4, 0.5) is 0 Å². The maximum atomic E-state index is 12.7.